The van der Waals surface area contributed by atoms with Crippen LogP contribution in [0, 0.1) is 0 Å². The van der Waals surface area contributed by atoms with Gasteiger partial charge in [-0.15, -0.1) is 0 Å². The molecular formula is C44H34O4. The van der Waals surface area contributed by atoms with Crippen molar-refractivity contribution in [3.05, 3.63) is 203 Å². The van der Waals surface area contributed by atoms with E-state index in [0.717, 1.165) is 44.9 Å². The van der Waals surface area contributed by atoms with Gasteiger partial charge < -0.3 is 9.47 Å². The van der Waals surface area contributed by atoms with E-state index in [9.17, 15) is 9.59 Å². The van der Waals surface area contributed by atoms with Gasteiger partial charge in [-0.3, -0.25) is 9.59 Å². The number of rotatable bonds is 13. The smallest absolute Gasteiger partial charge is 0.185 e. The molecule has 0 saturated heterocycles. The zero-order chi connectivity index (χ0) is 33.0. The maximum atomic E-state index is 12.3. The van der Waals surface area contributed by atoms with Gasteiger partial charge in [-0.05, 0) is 69.8 Å². The summed E-state index contributed by atoms with van der Waals surface area (Å²) in [6.07, 6.45) is 6.81. The first-order valence-electron chi connectivity index (χ1n) is 15.8. The Hall–Kier alpha value is -6.26. The second kappa shape index (κ2) is 15.8. The van der Waals surface area contributed by atoms with Gasteiger partial charge in [-0.25, -0.2) is 0 Å². The number of carbonyl (C=O) groups excluding carboxylic acids is 2. The number of carbonyl (C=O) groups is 2. The summed E-state index contributed by atoms with van der Waals surface area (Å²) in [4.78, 5) is 24.6. The fourth-order valence-corrected chi connectivity index (χ4v) is 5.01. The van der Waals surface area contributed by atoms with Gasteiger partial charge in [0.25, 0.3) is 0 Å². The van der Waals surface area contributed by atoms with E-state index in [-0.39, 0.29) is 11.6 Å². The minimum atomic E-state index is -0.0215. The molecule has 0 bridgehead atoms. The molecule has 4 nitrogen and oxygen atoms in total. The quantitative estimate of drug-likeness (QED) is 0.0946. The zero-order valence-electron chi connectivity index (χ0n) is 26.4. The van der Waals surface area contributed by atoms with E-state index in [1.165, 1.54) is 0 Å². The molecule has 0 atom stereocenters. The summed E-state index contributed by atoms with van der Waals surface area (Å²) in [6.45, 7) is 0.919. The minimum Gasteiger partial charge on any atom is -0.489 e. The van der Waals surface area contributed by atoms with Crippen LogP contribution in [-0.4, -0.2) is 11.6 Å². The van der Waals surface area contributed by atoms with Crippen LogP contribution in [0.2, 0.25) is 0 Å². The Morgan fingerprint density at radius 2 is 0.771 bits per heavy atom. The molecule has 0 fully saturated rings. The fourth-order valence-electron chi connectivity index (χ4n) is 5.01. The standard InChI is InChI=1S/C44H34O4/c45-43(39-7-3-1-4-8-39)29-19-33-15-25-41(26-16-33)47-31-35-11-21-37(22-12-35)38-23-13-36(14-24-38)32-48-42-27-17-34(18-28-42)20-30-44(46)40-9-5-2-6-10-40/h1-30H,31-32H2/b29-19+,30-20+. The van der Waals surface area contributed by atoms with E-state index < -0.39 is 0 Å². The molecule has 0 aliphatic heterocycles. The van der Waals surface area contributed by atoms with Gasteiger partial charge in [0.05, 0.1) is 0 Å². The summed E-state index contributed by atoms with van der Waals surface area (Å²) in [5.74, 6) is 1.50. The molecular weight excluding hydrogens is 592 g/mol. The summed E-state index contributed by atoms with van der Waals surface area (Å²) >= 11 is 0. The number of allylic oxidation sites excluding steroid dienone is 2. The lowest BCUT2D eigenvalue weighted by atomic mass is 10.0. The predicted molar refractivity (Wildman–Crippen MR) is 193 cm³/mol. The van der Waals surface area contributed by atoms with Crippen molar-refractivity contribution in [2.24, 2.45) is 0 Å². The van der Waals surface area contributed by atoms with Crippen LogP contribution in [0.4, 0.5) is 0 Å². The van der Waals surface area contributed by atoms with Crippen molar-refractivity contribution < 1.29 is 19.1 Å². The molecule has 0 aliphatic rings. The van der Waals surface area contributed by atoms with Crippen LogP contribution < -0.4 is 9.47 Å². The molecule has 0 N–H and O–H groups in total. The monoisotopic (exact) mass is 626 g/mol. The second-order valence-electron chi connectivity index (χ2n) is 11.2. The van der Waals surface area contributed by atoms with Gasteiger partial charge in [0.2, 0.25) is 0 Å². The van der Waals surface area contributed by atoms with Gasteiger partial charge in [0.1, 0.15) is 24.7 Å². The number of benzene rings is 6. The molecule has 4 heteroatoms. The number of hydrogen-bond donors (Lipinski definition) is 0. The number of ether oxygens (including phenoxy) is 2. The first-order chi connectivity index (χ1) is 23.6. The summed E-state index contributed by atoms with van der Waals surface area (Å²) in [5, 5.41) is 0. The predicted octanol–water partition coefficient (Wildman–Crippen LogP) is 10.3. The molecule has 0 spiro atoms. The molecule has 6 aromatic carbocycles. The van der Waals surface area contributed by atoms with Crippen molar-refractivity contribution in [2.45, 2.75) is 13.2 Å². The lowest BCUT2D eigenvalue weighted by Crippen LogP contribution is -1.96. The van der Waals surface area contributed by atoms with Crippen LogP contribution in [0.15, 0.2) is 170 Å². The first kappa shape index (κ1) is 31.7. The third-order valence-corrected chi connectivity index (χ3v) is 7.78. The third-order valence-electron chi connectivity index (χ3n) is 7.78. The van der Waals surface area contributed by atoms with Gasteiger partial charge in [-0.2, -0.15) is 0 Å². The molecule has 0 heterocycles. The SMILES string of the molecule is O=C(/C=C/c1ccc(OCc2ccc(-c3ccc(COc4ccc(/C=C/C(=O)c5ccccc5)cc4)cc3)cc2)cc1)c1ccccc1. The highest BCUT2D eigenvalue weighted by Gasteiger charge is 2.04. The Balaban J connectivity index is 0.952. The van der Waals surface area contributed by atoms with Crippen molar-refractivity contribution >= 4 is 23.7 Å². The highest BCUT2D eigenvalue weighted by atomic mass is 16.5. The van der Waals surface area contributed by atoms with Gasteiger partial charge >= 0.3 is 0 Å². The van der Waals surface area contributed by atoms with Crippen LogP contribution in [0.1, 0.15) is 43.0 Å². The highest BCUT2D eigenvalue weighted by molar-refractivity contribution is 6.07. The highest BCUT2D eigenvalue weighted by Crippen LogP contribution is 2.23. The fraction of sp³-hybridized carbons (Fsp3) is 0.0455. The lowest BCUT2D eigenvalue weighted by Gasteiger charge is -2.09. The van der Waals surface area contributed by atoms with E-state index in [4.69, 9.17) is 9.47 Å². The minimum absolute atomic E-state index is 0.0215. The maximum Gasteiger partial charge on any atom is 0.185 e. The van der Waals surface area contributed by atoms with Crippen LogP contribution in [0.5, 0.6) is 11.5 Å². The van der Waals surface area contributed by atoms with Crippen LogP contribution >= 0.6 is 0 Å². The first-order valence-corrected chi connectivity index (χ1v) is 15.8. The van der Waals surface area contributed by atoms with Gasteiger partial charge in [0, 0.05) is 11.1 Å². The molecule has 0 radical (unpaired) electrons. The van der Waals surface area contributed by atoms with Crippen LogP contribution in [0.25, 0.3) is 23.3 Å². The topological polar surface area (TPSA) is 52.6 Å². The Bertz CT molecular complexity index is 1840. The Labute approximate surface area is 281 Å². The molecule has 48 heavy (non-hydrogen) atoms. The summed E-state index contributed by atoms with van der Waals surface area (Å²) < 4.78 is 12.0. The summed E-state index contributed by atoms with van der Waals surface area (Å²) in [6, 6.07) is 50.6. The Morgan fingerprint density at radius 3 is 1.12 bits per heavy atom. The molecule has 0 aromatic heterocycles. The van der Waals surface area contributed by atoms with E-state index in [1.54, 1.807) is 12.2 Å². The largest absolute Gasteiger partial charge is 0.489 e. The van der Waals surface area contributed by atoms with Crippen molar-refractivity contribution in [3.63, 3.8) is 0 Å². The summed E-state index contributed by atoms with van der Waals surface area (Å²) in [7, 11) is 0. The third kappa shape index (κ3) is 8.93. The molecule has 0 aliphatic carbocycles. The van der Waals surface area contributed by atoms with E-state index in [0.29, 0.717) is 24.3 Å². The molecule has 0 saturated carbocycles. The lowest BCUT2D eigenvalue weighted by molar-refractivity contribution is 0.103. The zero-order valence-corrected chi connectivity index (χ0v) is 26.4. The van der Waals surface area contributed by atoms with E-state index in [2.05, 4.69) is 48.5 Å². The van der Waals surface area contributed by atoms with Gasteiger partial charge in [0.15, 0.2) is 11.6 Å². The second-order valence-corrected chi connectivity index (χ2v) is 11.2. The Morgan fingerprint density at radius 1 is 0.417 bits per heavy atom. The molecule has 6 aromatic rings. The molecule has 0 amide bonds. The number of ketones is 2. The van der Waals surface area contributed by atoms with Crippen LogP contribution in [0.3, 0.4) is 0 Å². The van der Waals surface area contributed by atoms with Crippen molar-refractivity contribution in [1.29, 1.82) is 0 Å². The summed E-state index contributed by atoms with van der Waals surface area (Å²) in [5.41, 5.74) is 7.62. The van der Waals surface area contributed by atoms with E-state index in [1.807, 2.05) is 121 Å². The normalized spacial score (nSPS) is 11.1. The van der Waals surface area contributed by atoms with Crippen molar-refractivity contribution in [3.8, 4) is 22.6 Å². The Kier molecular flexibility index (Phi) is 10.5. The average Bonchev–Trinajstić information content (AvgIpc) is 3.16. The molecule has 234 valence electrons. The van der Waals surface area contributed by atoms with Crippen molar-refractivity contribution in [2.75, 3.05) is 0 Å². The number of hydrogen-bond acceptors (Lipinski definition) is 4. The molecule has 6 rings (SSSR count). The maximum absolute atomic E-state index is 12.3. The van der Waals surface area contributed by atoms with E-state index >= 15 is 0 Å². The van der Waals surface area contributed by atoms with Crippen molar-refractivity contribution in [1.82, 2.24) is 0 Å². The average molecular weight is 627 g/mol. The van der Waals surface area contributed by atoms with Gasteiger partial charge in [-0.1, -0.05) is 146 Å². The molecule has 0 unspecified atom stereocenters. The van der Waals surface area contributed by atoms with Crippen LogP contribution in [-0.2, 0) is 13.2 Å².